The fourth-order valence-corrected chi connectivity index (χ4v) is 4.90. The molecule has 8 heteroatoms. The van der Waals surface area contributed by atoms with Gasteiger partial charge in [-0.15, -0.1) is 0 Å². The van der Waals surface area contributed by atoms with Crippen LogP contribution in [0.4, 0.5) is 11.4 Å². The van der Waals surface area contributed by atoms with E-state index >= 15 is 0 Å². The van der Waals surface area contributed by atoms with Gasteiger partial charge < -0.3 is 10.1 Å². The van der Waals surface area contributed by atoms with Crippen LogP contribution in [0.25, 0.3) is 0 Å². The number of amides is 1. The summed E-state index contributed by atoms with van der Waals surface area (Å²) in [7, 11) is -2.57. The Kier molecular flexibility index (Phi) is 7.11. The van der Waals surface area contributed by atoms with E-state index in [4.69, 9.17) is 16.3 Å². The highest BCUT2D eigenvalue weighted by Gasteiger charge is 2.28. The van der Waals surface area contributed by atoms with Gasteiger partial charge in [-0.25, -0.2) is 8.42 Å². The third-order valence-corrected chi connectivity index (χ3v) is 7.06. The minimum Gasteiger partial charge on any atom is -0.495 e. The van der Waals surface area contributed by atoms with E-state index in [0.717, 1.165) is 21.0 Å². The zero-order valence-corrected chi connectivity index (χ0v) is 19.9. The third-order valence-electron chi connectivity index (χ3n) is 4.98. The summed E-state index contributed by atoms with van der Waals surface area (Å²) in [6, 6.07) is 16.7. The van der Waals surface area contributed by atoms with Gasteiger partial charge in [-0.2, -0.15) is 0 Å². The van der Waals surface area contributed by atoms with Crippen LogP contribution in [0.3, 0.4) is 0 Å². The number of carbonyl (C=O) groups is 1. The fourth-order valence-electron chi connectivity index (χ4n) is 3.24. The number of ether oxygens (including phenoxy) is 1. The highest BCUT2D eigenvalue weighted by molar-refractivity contribution is 7.92. The van der Waals surface area contributed by atoms with Gasteiger partial charge in [0.2, 0.25) is 5.91 Å². The normalized spacial score (nSPS) is 11.2. The fraction of sp³-hybridized carbons (Fsp3) is 0.208. The summed E-state index contributed by atoms with van der Waals surface area (Å²) >= 11 is 6.25. The molecule has 0 aliphatic rings. The lowest BCUT2D eigenvalue weighted by Crippen LogP contribution is -2.38. The van der Waals surface area contributed by atoms with Gasteiger partial charge in [-0.05, 0) is 62.7 Å². The van der Waals surface area contributed by atoms with Crippen molar-refractivity contribution in [2.24, 2.45) is 0 Å². The summed E-state index contributed by atoms with van der Waals surface area (Å²) in [6.45, 7) is 5.29. The topological polar surface area (TPSA) is 75.7 Å². The Labute approximate surface area is 193 Å². The van der Waals surface area contributed by atoms with E-state index in [2.05, 4.69) is 5.32 Å². The van der Waals surface area contributed by atoms with Crippen LogP contribution in [-0.4, -0.2) is 28.0 Å². The van der Waals surface area contributed by atoms with Crippen LogP contribution in [0.1, 0.15) is 16.7 Å². The maximum atomic E-state index is 13.5. The van der Waals surface area contributed by atoms with E-state index in [1.807, 2.05) is 32.9 Å². The largest absolute Gasteiger partial charge is 0.495 e. The molecule has 0 saturated heterocycles. The van der Waals surface area contributed by atoms with Crippen LogP contribution < -0.4 is 14.4 Å². The van der Waals surface area contributed by atoms with Crippen LogP contribution in [0, 0.1) is 20.8 Å². The Morgan fingerprint density at radius 3 is 2.22 bits per heavy atom. The van der Waals surface area contributed by atoms with Gasteiger partial charge in [0.15, 0.2) is 0 Å². The third kappa shape index (κ3) is 5.23. The first-order valence-electron chi connectivity index (χ1n) is 9.92. The minimum absolute atomic E-state index is 0.0781. The Balaban J connectivity index is 1.99. The molecule has 0 atom stereocenters. The number of nitrogens with one attached hydrogen (secondary N) is 1. The Morgan fingerprint density at radius 2 is 1.62 bits per heavy atom. The molecule has 0 radical (unpaired) electrons. The summed E-state index contributed by atoms with van der Waals surface area (Å²) in [5, 5.41) is 3.04. The maximum absolute atomic E-state index is 13.5. The number of aryl methyl sites for hydroxylation is 3. The highest BCUT2D eigenvalue weighted by atomic mass is 35.5. The molecule has 0 fully saturated rings. The van der Waals surface area contributed by atoms with Gasteiger partial charge in [0.1, 0.15) is 12.3 Å². The molecule has 0 aliphatic heterocycles. The summed E-state index contributed by atoms with van der Waals surface area (Å²) in [5.74, 6) is -0.0672. The van der Waals surface area contributed by atoms with Crippen molar-refractivity contribution < 1.29 is 17.9 Å². The van der Waals surface area contributed by atoms with Gasteiger partial charge in [-0.1, -0.05) is 47.0 Å². The van der Waals surface area contributed by atoms with Crippen molar-refractivity contribution in [1.82, 2.24) is 0 Å². The molecule has 3 aromatic rings. The van der Waals surface area contributed by atoms with Gasteiger partial charge in [0.05, 0.1) is 22.7 Å². The van der Waals surface area contributed by atoms with Crippen molar-refractivity contribution in [3.63, 3.8) is 0 Å². The minimum atomic E-state index is -4.04. The molecule has 0 saturated carbocycles. The molecule has 0 aliphatic carbocycles. The molecule has 0 aromatic heterocycles. The summed E-state index contributed by atoms with van der Waals surface area (Å²) in [5.41, 5.74) is 3.76. The maximum Gasteiger partial charge on any atom is 0.264 e. The Bertz CT molecular complexity index is 1240. The second-order valence-electron chi connectivity index (χ2n) is 7.51. The van der Waals surface area contributed by atoms with Crippen LogP contribution in [0.2, 0.25) is 5.02 Å². The second kappa shape index (κ2) is 9.63. The molecule has 3 aromatic carbocycles. The zero-order chi connectivity index (χ0) is 23.5. The molecule has 1 N–H and O–H groups in total. The molecule has 3 rings (SSSR count). The molecule has 0 unspecified atom stereocenters. The van der Waals surface area contributed by atoms with E-state index < -0.39 is 22.5 Å². The lowest BCUT2D eigenvalue weighted by atomic mass is 10.1. The van der Waals surface area contributed by atoms with Crippen molar-refractivity contribution >= 4 is 38.9 Å². The molecular formula is C24H25ClN2O4S. The predicted octanol–water partition coefficient (Wildman–Crippen LogP) is 5.11. The highest BCUT2D eigenvalue weighted by Crippen LogP contribution is 2.32. The van der Waals surface area contributed by atoms with Crippen molar-refractivity contribution in [3.8, 4) is 5.75 Å². The number of benzene rings is 3. The zero-order valence-electron chi connectivity index (χ0n) is 18.3. The number of hydrogen-bond acceptors (Lipinski definition) is 4. The van der Waals surface area contributed by atoms with Gasteiger partial charge >= 0.3 is 0 Å². The van der Waals surface area contributed by atoms with Gasteiger partial charge in [-0.3, -0.25) is 9.10 Å². The lowest BCUT2D eigenvalue weighted by molar-refractivity contribution is -0.114. The predicted molar refractivity (Wildman–Crippen MR) is 128 cm³/mol. The Hall–Kier alpha value is -3.03. The van der Waals surface area contributed by atoms with Crippen molar-refractivity contribution in [2.45, 2.75) is 25.7 Å². The summed E-state index contributed by atoms with van der Waals surface area (Å²) in [6.07, 6.45) is 0. The summed E-state index contributed by atoms with van der Waals surface area (Å²) < 4.78 is 33.2. The average Bonchev–Trinajstić information content (AvgIpc) is 2.74. The number of nitrogens with zero attached hydrogens (tertiary/aromatic N) is 1. The Morgan fingerprint density at radius 1 is 0.969 bits per heavy atom. The van der Waals surface area contributed by atoms with Crippen LogP contribution in [-0.2, 0) is 14.8 Å². The number of halogens is 1. The number of hydrogen-bond donors (Lipinski definition) is 1. The van der Waals surface area contributed by atoms with Crippen molar-refractivity contribution in [1.29, 1.82) is 0 Å². The average molecular weight is 473 g/mol. The summed E-state index contributed by atoms with van der Waals surface area (Å²) in [4.78, 5) is 13.0. The van der Waals surface area contributed by atoms with Crippen LogP contribution in [0.15, 0.2) is 65.6 Å². The smallest absolute Gasteiger partial charge is 0.264 e. The number of sulfonamides is 1. The van der Waals surface area contributed by atoms with E-state index in [1.54, 1.807) is 30.3 Å². The molecule has 1 amide bonds. The van der Waals surface area contributed by atoms with Crippen LogP contribution in [0.5, 0.6) is 5.75 Å². The van der Waals surface area contributed by atoms with Crippen LogP contribution >= 0.6 is 11.6 Å². The van der Waals surface area contributed by atoms with E-state index in [0.29, 0.717) is 11.4 Å². The number of methoxy groups -OCH3 is 1. The SMILES string of the molecule is COc1ccc(N(CC(=O)Nc2ccc(C)cc2C)S(=O)(=O)c2ccc(C)cc2)cc1Cl. The first-order chi connectivity index (χ1) is 15.1. The molecular weight excluding hydrogens is 448 g/mol. The standard InChI is InChI=1S/C24H25ClN2O4S/c1-16-5-9-20(10-6-16)32(29,30)27(19-8-12-23(31-4)21(25)14-19)15-24(28)26-22-11-7-17(2)13-18(22)3/h5-14H,15H2,1-4H3,(H,26,28). The lowest BCUT2D eigenvalue weighted by Gasteiger charge is -2.25. The van der Waals surface area contributed by atoms with E-state index in [-0.39, 0.29) is 15.6 Å². The van der Waals surface area contributed by atoms with Crippen molar-refractivity contribution in [2.75, 3.05) is 23.3 Å². The number of carbonyl (C=O) groups excluding carboxylic acids is 1. The quantitative estimate of drug-likeness (QED) is 0.518. The van der Waals surface area contributed by atoms with Crippen molar-refractivity contribution in [3.05, 3.63) is 82.4 Å². The molecule has 0 spiro atoms. The monoisotopic (exact) mass is 472 g/mol. The number of rotatable bonds is 7. The molecule has 6 nitrogen and oxygen atoms in total. The van der Waals surface area contributed by atoms with E-state index in [1.165, 1.54) is 25.3 Å². The first kappa shape index (κ1) is 23.6. The molecule has 32 heavy (non-hydrogen) atoms. The second-order valence-corrected chi connectivity index (χ2v) is 9.78. The van der Waals surface area contributed by atoms with Gasteiger partial charge in [0.25, 0.3) is 10.0 Å². The molecule has 0 bridgehead atoms. The van der Waals surface area contributed by atoms with Gasteiger partial charge in [0, 0.05) is 5.69 Å². The molecule has 0 heterocycles. The van der Waals surface area contributed by atoms with E-state index in [9.17, 15) is 13.2 Å². The number of anilines is 2. The molecule has 168 valence electrons. The first-order valence-corrected chi connectivity index (χ1v) is 11.7.